The molecule has 0 atom stereocenters. The van der Waals surface area contributed by atoms with Gasteiger partial charge in [-0.1, -0.05) is 29.8 Å². The molecule has 76 valence electrons. The summed E-state index contributed by atoms with van der Waals surface area (Å²) in [4.78, 5) is 12.8. The number of rotatable bonds is 1. The number of hydrogen-bond donors (Lipinski definition) is 0. The average molecular weight is 199 g/mol. The van der Waals surface area contributed by atoms with Gasteiger partial charge in [-0.2, -0.15) is 0 Å². The van der Waals surface area contributed by atoms with Gasteiger partial charge in [0.1, 0.15) is 11.6 Å². The van der Waals surface area contributed by atoms with E-state index in [0.717, 1.165) is 23.0 Å². The third-order valence-electron chi connectivity index (χ3n) is 2.17. The molecule has 1 aromatic carbocycles. The molecule has 1 aromatic heterocycles. The first-order chi connectivity index (χ1) is 7.15. The van der Waals surface area contributed by atoms with Crippen LogP contribution in [0.5, 0.6) is 0 Å². The topological polar surface area (TPSA) is 38.7 Å². The predicted octanol–water partition coefficient (Wildman–Crippen LogP) is 2.46. The molecule has 15 heavy (non-hydrogen) atoms. The van der Waals surface area contributed by atoms with Gasteiger partial charge in [0, 0.05) is 5.56 Å². The van der Waals surface area contributed by atoms with Crippen molar-refractivity contribution in [3.05, 3.63) is 41.5 Å². The largest absolute Gasteiger partial charge is 0.219 e. The maximum Gasteiger partial charge on any atom is 0.163 e. The first-order valence-corrected chi connectivity index (χ1v) is 4.91. The molecule has 0 aliphatic rings. The summed E-state index contributed by atoms with van der Waals surface area (Å²) in [5, 5.41) is 0. The van der Waals surface area contributed by atoms with E-state index >= 15 is 0 Å². The van der Waals surface area contributed by atoms with Crippen LogP contribution in [-0.4, -0.2) is 15.0 Å². The van der Waals surface area contributed by atoms with Crippen molar-refractivity contribution in [2.75, 3.05) is 0 Å². The summed E-state index contributed by atoms with van der Waals surface area (Å²) in [7, 11) is 0. The molecule has 2 rings (SSSR count). The molecule has 0 fully saturated rings. The fraction of sp³-hybridized carbons (Fsp3) is 0.250. The van der Waals surface area contributed by atoms with Gasteiger partial charge in [0.05, 0.1) is 0 Å². The lowest BCUT2D eigenvalue weighted by molar-refractivity contribution is 0.928. The van der Waals surface area contributed by atoms with E-state index in [9.17, 15) is 0 Å². The normalized spacial score (nSPS) is 10.3. The quantitative estimate of drug-likeness (QED) is 0.708. The molecule has 0 amide bonds. The lowest BCUT2D eigenvalue weighted by atomic mass is 10.1. The average Bonchev–Trinajstić information content (AvgIpc) is 2.17. The summed E-state index contributed by atoms with van der Waals surface area (Å²) in [5.74, 6) is 2.27. The van der Waals surface area contributed by atoms with Crippen molar-refractivity contribution in [1.82, 2.24) is 15.0 Å². The Morgan fingerprint density at radius 3 is 1.80 bits per heavy atom. The van der Waals surface area contributed by atoms with Crippen molar-refractivity contribution >= 4 is 0 Å². The van der Waals surface area contributed by atoms with E-state index in [0.29, 0.717) is 0 Å². The van der Waals surface area contributed by atoms with Crippen LogP contribution in [0.15, 0.2) is 24.3 Å². The third kappa shape index (κ3) is 2.18. The number of aromatic nitrogens is 3. The standard InChI is InChI=1S/C12H13N3/c1-8-4-6-11(7-5-8)12-14-9(2)13-10(3)15-12/h4-7H,1-3H3. The summed E-state index contributed by atoms with van der Waals surface area (Å²) >= 11 is 0. The van der Waals surface area contributed by atoms with Crippen LogP contribution in [-0.2, 0) is 0 Å². The molecule has 3 heteroatoms. The Bertz CT molecular complexity index is 454. The lowest BCUT2D eigenvalue weighted by Crippen LogP contribution is -1.98. The highest BCUT2D eigenvalue weighted by atomic mass is 15.0. The van der Waals surface area contributed by atoms with E-state index in [4.69, 9.17) is 0 Å². The Kier molecular flexibility index (Phi) is 2.46. The first-order valence-electron chi connectivity index (χ1n) is 4.91. The molecular weight excluding hydrogens is 186 g/mol. The zero-order valence-corrected chi connectivity index (χ0v) is 9.15. The minimum atomic E-state index is 0.750. The van der Waals surface area contributed by atoms with Gasteiger partial charge >= 0.3 is 0 Å². The van der Waals surface area contributed by atoms with Crippen LogP contribution in [0.3, 0.4) is 0 Å². The molecule has 0 aliphatic carbocycles. The fourth-order valence-electron chi connectivity index (χ4n) is 1.45. The van der Waals surface area contributed by atoms with Crippen molar-refractivity contribution in [3.8, 4) is 11.4 Å². The van der Waals surface area contributed by atoms with E-state index in [1.807, 2.05) is 26.0 Å². The van der Waals surface area contributed by atoms with Crippen molar-refractivity contribution < 1.29 is 0 Å². The molecule has 0 saturated heterocycles. The number of hydrogen-bond acceptors (Lipinski definition) is 3. The van der Waals surface area contributed by atoms with E-state index in [1.165, 1.54) is 5.56 Å². The van der Waals surface area contributed by atoms with Gasteiger partial charge in [0.2, 0.25) is 0 Å². The lowest BCUT2D eigenvalue weighted by Gasteiger charge is -2.02. The third-order valence-corrected chi connectivity index (χ3v) is 2.17. The van der Waals surface area contributed by atoms with Crippen molar-refractivity contribution in [3.63, 3.8) is 0 Å². The number of aryl methyl sites for hydroxylation is 3. The van der Waals surface area contributed by atoms with Gasteiger partial charge < -0.3 is 0 Å². The highest BCUT2D eigenvalue weighted by molar-refractivity contribution is 5.55. The molecule has 0 unspecified atom stereocenters. The van der Waals surface area contributed by atoms with Crippen molar-refractivity contribution in [1.29, 1.82) is 0 Å². The predicted molar refractivity (Wildman–Crippen MR) is 59.5 cm³/mol. The summed E-state index contributed by atoms with van der Waals surface area (Å²) < 4.78 is 0. The van der Waals surface area contributed by atoms with E-state index in [-0.39, 0.29) is 0 Å². The summed E-state index contributed by atoms with van der Waals surface area (Å²) in [6.45, 7) is 5.83. The van der Waals surface area contributed by atoms with Gasteiger partial charge in [0.25, 0.3) is 0 Å². The molecule has 0 radical (unpaired) electrons. The second-order valence-electron chi connectivity index (χ2n) is 3.62. The van der Waals surface area contributed by atoms with Gasteiger partial charge in [-0.15, -0.1) is 0 Å². The highest BCUT2D eigenvalue weighted by Crippen LogP contribution is 2.15. The van der Waals surface area contributed by atoms with Crippen LogP contribution in [0.2, 0.25) is 0 Å². The van der Waals surface area contributed by atoms with Gasteiger partial charge in [0.15, 0.2) is 5.82 Å². The SMILES string of the molecule is Cc1ccc(-c2nc(C)nc(C)n2)cc1. The minimum Gasteiger partial charge on any atom is -0.219 e. The number of benzene rings is 1. The maximum absolute atomic E-state index is 4.31. The summed E-state index contributed by atoms with van der Waals surface area (Å²) in [6, 6.07) is 8.18. The molecular formula is C12H13N3. The van der Waals surface area contributed by atoms with Crippen LogP contribution in [0, 0.1) is 20.8 Å². The van der Waals surface area contributed by atoms with Crippen LogP contribution < -0.4 is 0 Å². The van der Waals surface area contributed by atoms with Gasteiger partial charge in [-0.25, -0.2) is 15.0 Å². The fourth-order valence-corrected chi connectivity index (χ4v) is 1.45. The molecule has 0 bridgehead atoms. The zero-order chi connectivity index (χ0) is 10.8. The van der Waals surface area contributed by atoms with Gasteiger partial charge in [-0.3, -0.25) is 0 Å². The molecule has 0 N–H and O–H groups in total. The molecule has 0 saturated carbocycles. The van der Waals surface area contributed by atoms with Crippen LogP contribution in [0.1, 0.15) is 17.2 Å². The van der Waals surface area contributed by atoms with Crippen LogP contribution in [0.25, 0.3) is 11.4 Å². The molecule has 0 spiro atoms. The molecule has 2 aromatic rings. The van der Waals surface area contributed by atoms with Crippen molar-refractivity contribution in [2.24, 2.45) is 0 Å². The van der Waals surface area contributed by atoms with Gasteiger partial charge in [-0.05, 0) is 20.8 Å². The monoisotopic (exact) mass is 199 g/mol. The first kappa shape index (κ1) is 9.77. The number of nitrogens with zero attached hydrogens (tertiary/aromatic N) is 3. The second kappa shape index (κ2) is 3.77. The van der Waals surface area contributed by atoms with Crippen LogP contribution >= 0.6 is 0 Å². The Morgan fingerprint density at radius 1 is 0.733 bits per heavy atom. The van der Waals surface area contributed by atoms with E-state index in [1.54, 1.807) is 0 Å². The highest BCUT2D eigenvalue weighted by Gasteiger charge is 2.02. The Labute approximate surface area is 89.2 Å². The Hall–Kier alpha value is -1.77. The summed E-state index contributed by atoms with van der Waals surface area (Å²) in [6.07, 6.45) is 0. The van der Waals surface area contributed by atoms with E-state index < -0.39 is 0 Å². The van der Waals surface area contributed by atoms with Crippen LogP contribution in [0.4, 0.5) is 0 Å². The van der Waals surface area contributed by atoms with Crippen molar-refractivity contribution in [2.45, 2.75) is 20.8 Å². The summed E-state index contributed by atoms with van der Waals surface area (Å²) in [5.41, 5.74) is 2.27. The Balaban J connectivity index is 2.49. The molecule has 3 nitrogen and oxygen atoms in total. The maximum atomic E-state index is 4.31. The Morgan fingerprint density at radius 2 is 1.27 bits per heavy atom. The minimum absolute atomic E-state index is 0.750. The molecule has 1 heterocycles. The zero-order valence-electron chi connectivity index (χ0n) is 9.15. The molecule has 0 aliphatic heterocycles. The van der Waals surface area contributed by atoms with E-state index in [2.05, 4.69) is 34.0 Å². The second-order valence-corrected chi connectivity index (χ2v) is 3.62. The smallest absolute Gasteiger partial charge is 0.163 e.